The van der Waals surface area contributed by atoms with Crippen LogP contribution in [0.15, 0.2) is 11.6 Å². The standard InChI is InChI=1S/C21H26ClNO5/c1-18-7-5-15(24)13-14(18)3-4-17-16-6-8-20(11-12-22,28-23(26)27)19(16,2)9-10-21(17,18)25/h13,16-17,25H,3-10H2,1-2H3/t16-,17-,18-,19-,20?,21-/m0/s1. The number of aliphatic hydroxyl groups is 1. The van der Waals surface area contributed by atoms with Gasteiger partial charge in [-0.15, -0.1) is 10.1 Å². The lowest BCUT2D eigenvalue weighted by molar-refractivity contribution is -0.781. The highest BCUT2D eigenvalue weighted by molar-refractivity contribution is 6.30. The van der Waals surface area contributed by atoms with E-state index in [4.69, 9.17) is 16.4 Å². The number of ketones is 1. The molecule has 152 valence electrons. The Hall–Kier alpha value is -1.58. The Bertz CT molecular complexity index is 830. The minimum Gasteiger partial charge on any atom is -0.389 e. The van der Waals surface area contributed by atoms with Crippen molar-refractivity contribution in [2.75, 3.05) is 0 Å². The van der Waals surface area contributed by atoms with Crippen LogP contribution in [-0.2, 0) is 9.63 Å². The van der Waals surface area contributed by atoms with Crippen LogP contribution in [0.3, 0.4) is 0 Å². The zero-order valence-corrected chi connectivity index (χ0v) is 17.1. The lowest BCUT2D eigenvalue weighted by atomic mass is 9.44. The van der Waals surface area contributed by atoms with Gasteiger partial charge in [-0.2, -0.15) is 0 Å². The molecule has 0 bridgehead atoms. The quantitative estimate of drug-likeness (QED) is 0.427. The van der Waals surface area contributed by atoms with Crippen molar-refractivity contribution in [1.29, 1.82) is 0 Å². The molecule has 0 aromatic rings. The number of nitrogens with zero attached hydrogens (tertiary/aromatic N) is 1. The molecule has 6 nitrogen and oxygen atoms in total. The lowest BCUT2D eigenvalue weighted by Crippen LogP contribution is -2.64. The van der Waals surface area contributed by atoms with Crippen LogP contribution in [0.4, 0.5) is 0 Å². The highest BCUT2D eigenvalue weighted by Crippen LogP contribution is 2.69. The minimum absolute atomic E-state index is 0.00374. The number of rotatable bonds is 2. The average molecular weight is 408 g/mol. The highest BCUT2D eigenvalue weighted by Gasteiger charge is 2.70. The highest BCUT2D eigenvalue weighted by atomic mass is 35.5. The second-order valence-corrected chi connectivity index (χ2v) is 9.65. The van der Waals surface area contributed by atoms with Gasteiger partial charge in [0.15, 0.2) is 11.4 Å². The fourth-order valence-corrected chi connectivity index (χ4v) is 7.24. The third-order valence-electron chi connectivity index (χ3n) is 8.75. The lowest BCUT2D eigenvalue weighted by Gasteiger charge is -2.63. The third kappa shape index (κ3) is 2.35. The van der Waals surface area contributed by atoms with E-state index >= 15 is 0 Å². The molecule has 3 saturated carbocycles. The van der Waals surface area contributed by atoms with E-state index in [-0.39, 0.29) is 17.6 Å². The maximum absolute atomic E-state index is 12.0. The van der Waals surface area contributed by atoms with E-state index in [9.17, 15) is 20.0 Å². The first kappa shape index (κ1) is 19.7. The Morgan fingerprint density at radius 1 is 1.21 bits per heavy atom. The van der Waals surface area contributed by atoms with Crippen molar-refractivity contribution in [2.45, 2.75) is 76.4 Å². The van der Waals surface area contributed by atoms with Crippen molar-refractivity contribution in [3.8, 4) is 11.3 Å². The van der Waals surface area contributed by atoms with E-state index < -0.39 is 27.1 Å². The van der Waals surface area contributed by atoms with Crippen LogP contribution in [0.2, 0.25) is 0 Å². The molecule has 0 aliphatic heterocycles. The van der Waals surface area contributed by atoms with Crippen molar-refractivity contribution in [3.63, 3.8) is 0 Å². The number of carbonyl (C=O) groups is 1. The summed E-state index contributed by atoms with van der Waals surface area (Å²) in [5, 5.41) is 24.8. The van der Waals surface area contributed by atoms with Crippen molar-refractivity contribution in [1.82, 2.24) is 0 Å². The Labute approximate surface area is 169 Å². The van der Waals surface area contributed by atoms with Gasteiger partial charge >= 0.3 is 0 Å². The number of halogens is 1. The topological polar surface area (TPSA) is 89.7 Å². The van der Waals surface area contributed by atoms with Gasteiger partial charge in [-0.25, -0.2) is 0 Å². The molecule has 0 heterocycles. The summed E-state index contributed by atoms with van der Waals surface area (Å²) < 4.78 is 0. The van der Waals surface area contributed by atoms with E-state index in [2.05, 4.69) is 18.2 Å². The molecule has 1 unspecified atom stereocenters. The second-order valence-electron chi connectivity index (χ2n) is 9.46. The Morgan fingerprint density at radius 3 is 2.64 bits per heavy atom. The predicted molar refractivity (Wildman–Crippen MR) is 103 cm³/mol. The molecule has 0 aromatic carbocycles. The van der Waals surface area contributed by atoms with Crippen LogP contribution < -0.4 is 0 Å². The smallest absolute Gasteiger partial charge is 0.296 e. The second kappa shape index (κ2) is 6.21. The van der Waals surface area contributed by atoms with Gasteiger partial charge in [0.2, 0.25) is 0 Å². The molecular weight excluding hydrogens is 382 g/mol. The first-order chi connectivity index (χ1) is 13.1. The molecule has 3 fully saturated rings. The summed E-state index contributed by atoms with van der Waals surface area (Å²) in [5.41, 5.74) is -2.05. The van der Waals surface area contributed by atoms with Crippen LogP contribution in [0, 0.1) is 44.1 Å². The zero-order valence-electron chi connectivity index (χ0n) is 16.3. The van der Waals surface area contributed by atoms with E-state index in [1.165, 1.54) is 0 Å². The van der Waals surface area contributed by atoms with E-state index in [1.54, 1.807) is 6.08 Å². The number of hydrogen-bond donors (Lipinski definition) is 1. The fraction of sp³-hybridized carbons (Fsp3) is 0.762. The molecule has 0 amide bonds. The maximum Gasteiger partial charge on any atom is 0.296 e. The molecule has 6 atom stereocenters. The molecule has 0 spiro atoms. The predicted octanol–water partition coefficient (Wildman–Crippen LogP) is 3.78. The Balaban J connectivity index is 1.75. The minimum atomic E-state index is -1.23. The molecule has 28 heavy (non-hydrogen) atoms. The molecule has 0 aromatic heterocycles. The van der Waals surface area contributed by atoms with Crippen molar-refractivity contribution in [2.24, 2.45) is 22.7 Å². The molecule has 0 saturated heterocycles. The van der Waals surface area contributed by atoms with E-state index in [1.807, 2.05) is 6.92 Å². The van der Waals surface area contributed by atoms with Gasteiger partial charge in [-0.1, -0.05) is 25.3 Å². The van der Waals surface area contributed by atoms with Crippen LogP contribution in [0.5, 0.6) is 0 Å². The van der Waals surface area contributed by atoms with Crippen LogP contribution in [-0.4, -0.2) is 27.2 Å². The summed E-state index contributed by atoms with van der Waals surface area (Å²) in [6, 6.07) is 0. The number of carbonyl (C=O) groups excluding carboxylic acids is 1. The molecule has 7 heteroatoms. The molecule has 4 aliphatic carbocycles. The summed E-state index contributed by atoms with van der Waals surface area (Å²) in [6.45, 7) is 4.10. The Kier molecular flexibility index (Phi) is 4.37. The van der Waals surface area contributed by atoms with Crippen LogP contribution in [0.1, 0.15) is 65.2 Å². The van der Waals surface area contributed by atoms with Crippen LogP contribution >= 0.6 is 11.6 Å². The third-order valence-corrected chi connectivity index (χ3v) is 8.84. The summed E-state index contributed by atoms with van der Waals surface area (Å²) in [7, 11) is 0. The largest absolute Gasteiger partial charge is 0.389 e. The summed E-state index contributed by atoms with van der Waals surface area (Å²) in [4.78, 5) is 28.4. The van der Waals surface area contributed by atoms with Gasteiger partial charge in [-0.05, 0) is 74.5 Å². The molecular formula is C21H26ClNO5. The SMILES string of the molecule is C[C@]12CC[C@]3(O)[C@@H](CCC4=CC(=O)CC[C@@]43C)[C@@H]1CCC2(C#CCl)O[N+](=O)[O-]. The Morgan fingerprint density at radius 2 is 1.96 bits per heavy atom. The zero-order chi connectivity index (χ0) is 20.4. The van der Waals surface area contributed by atoms with Gasteiger partial charge in [-0.3, -0.25) is 9.63 Å². The molecule has 1 N–H and O–H groups in total. The van der Waals surface area contributed by atoms with E-state index in [0.29, 0.717) is 38.5 Å². The fourth-order valence-electron chi connectivity index (χ4n) is 7.08. The maximum atomic E-state index is 12.0. The van der Waals surface area contributed by atoms with Gasteiger partial charge in [0, 0.05) is 22.6 Å². The number of fused-ring (bicyclic) bond motifs is 5. The van der Waals surface area contributed by atoms with Crippen LogP contribution in [0.25, 0.3) is 0 Å². The summed E-state index contributed by atoms with van der Waals surface area (Å²) >= 11 is 5.69. The van der Waals surface area contributed by atoms with Gasteiger partial charge in [0.25, 0.3) is 5.09 Å². The molecule has 0 radical (unpaired) electrons. The molecule has 4 aliphatic rings. The first-order valence-corrected chi connectivity index (χ1v) is 10.4. The monoisotopic (exact) mass is 407 g/mol. The normalized spacial score (nSPS) is 47.0. The summed E-state index contributed by atoms with van der Waals surface area (Å²) in [5.74, 6) is 3.02. The average Bonchev–Trinajstić information content (AvgIpc) is 2.89. The first-order valence-electron chi connectivity index (χ1n) is 10.0. The number of hydrogen-bond acceptors (Lipinski definition) is 5. The summed E-state index contributed by atoms with van der Waals surface area (Å²) in [6.07, 6.45) is 6.64. The van der Waals surface area contributed by atoms with Gasteiger partial charge < -0.3 is 5.11 Å². The van der Waals surface area contributed by atoms with Crippen molar-refractivity contribution < 1.29 is 19.8 Å². The van der Waals surface area contributed by atoms with Crippen molar-refractivity contribution >= 4 is 17.4 Å². The van der Waals surface area contributed by atoms with Gasteiger partial charge in [0.1, 0.15) is 0 Å². The van der Waals surface area contributed by atoms with Gasteiger partial charge in [0.05, 0.1) is 5.60 Å². The molecule has 4 rings (SSSR count). The van der Waals surface area contributed by atoms with Crippen molar-refractivity contribution in [3.05, 3.63) is 21.8 Å². The van der Waals surface area contributed by atoms with E-state index in [0.717, 1.165) is 18.4 Å².